The van der Waals surface area contributed by atoms with Crippen molar-refractivity contribution in [3.63, 3.8) is 0 Å². The van der Waals surface area contributed by atoms with Gasteiger partial charge in [-0.1, -0.05) is 6.07 Å². The average molecular weight is 404 g/mol. The Morgan fingerprint density at radius 2 is 2.00 bits per heavy atom. The summed E-state index contributed by atoms with van der Waals surface area (Å²) < 4.78 is 11.1. The number of nitrogen functional groups attached to an aromatic ring is 1. The Hall–Kier alpha value is -2.75. The highest BCUT2D eigenvalue weighted by Gasteiger charge is 2.16. The van der Waals surface area contributed by atoms with Crippen molar-refractivity contribution in [3.8, 4) is 11.5 Å². The van der Waals surface area contributed by atoms with E-state index < -0.39 is 0 Å². The number of carbonyl (C=O) groups excluding carboxylic acids is 1. The zero-order valence-electron chi connectivity index (χ0n) is 16.1. The summed E-state index contributed by atoms with van der Waals surface area (Å²) in [5.41, 5.74) is 6.67. The van der Waals surface area contributed by atoms with Gasteiger partial charge in [0.15, 0.2) is 11.5 Å². The highest BCUT2D eigenvalue weighted by Crippen LogP contribution is 2.32. The maximum absolute atomic E-state index is 12.3. The third-order valence-corrected chi connectivity index (χ3v) is 4.92. The van der Waals surface area contributed by atoms with Crippen molar-refractivity contribution in [3.05, 3.63) is 29.6 Å². The van der Waals surface area contributed by atoms with Gasteiger partial charge in [0.05, 0.1) is 17.5 Å². The summed E-state index contributed by atoms with van der Waals surface area (Å²) in [6.45, 7) is 3.02. The fourth-order valence-corrected chi connectivity index (χ4v) is 3.30. The number of anilines is 2. The van der Waals surface area contributed by atoms with E-state index in [2.05, 4.69) is 20.3 Å². The first kappa shape index (κ1) is 20.0. The normalized spacial score (nSPS) is 13.7. The minimum absolute atomic E-state index is 0.0674. The van der Waals surface area contributed by atoms with Crippen LogP contribution in [0.1, 0.15) is 24.4 Å². The summed E-state index contributed by atoms with van der Waals surface area (Å²) in [7, 11) is 3.66. The number of hydrogen-bond donors (Lipinski definition) is 2. The van der Waals surface area contributed by atoms with E-state index in [9.17, 15) is 4.79 Å². The Morgan fingerprint density at radius 3 is 2.75 bits per heavy atom. The lowest BCUT2D eigenvalue weighted by atomic mass is 10.1. The van der Waals surface area contributed by atoms with Crippen LogP contribution in [-0.4, -0.2) is 53.9 Å². The van der Waals surface area contributed by atoms with Gasteiger partial charge in [-0.15, -0.1) is 11.8 Å². The molecule has 0 saturated carbocycles. The highest BCUT2D eigenvalue weighted by atomic mass is 32.2. The van der Waals surface area contributed by atoms with E-state index in [0.29, 0.717) is 36.5 Å². The maximum atomic E-state index is 12.3. The third-order valence-electron chi connectivity index (χ3n) is 4.00. The molecule has 150 valence electrons. The van der Waals surface area contributed by atoms with Crippen molar-refractivity contribution in [1.29, 1.82) is 0 Å². The fourth-order valence-electron chi connectivity index (χ4n) is 2.62. The van der Waals surface area contributed by atoms with Gasteiger partial charge in [0, 0.05) is 14.1 Å². The number of nitrogens with two attached hydrogens (primary N) is 1. The standard InChI is InChI=1S/C18H24N6O3S/c1-11(12-4-5-13-14(8-12)27-7-6-26-13)20-16(25)10-28-9-15-21-17(19)23-18(22-15)24(2)3/h4-5,8,11H,6-7,9-10H2,1-3H3,(H,20,25)(H2,19,21,22,23). The van der Waals surface area contributed by atoms with Crippen LogP contribution in [0.2, 0.25) is 0 Å². The van der Waals surface area contributed by atoms with E-state index in [0.717, 1.165) is 11.3 Å². The molecular formula is C18H24N6O3S. The molecule has 0 saturated heterocycles. The predicted octanol–water partition coefficient (Wildman–Crippen LogP) is 1.40. The molecule has 10 heteroatoms. The number of hydrogen-bond acceptors (Lipinski definition) is 9. The Kier molecular flexibility index (Phi) is 6.40. The van der Waals surface area contributed by atoms with E-state index in [1.165, 1.54) is 11.8 Å². The summed E-state index contributed by atoms with van der Waals surface area (Å²) in [5.74, 6) is 3.36. The first-order chi connectivity index (χ1) is 13.4. The molecule has 1 aromatic carbocycles. The summed E-state index contributed by atoms with van der Waals surface area (Å²) in [4.78, 5) is 26.5. The number of thioether (sulfide) groups is 1. The Labute approximate surface area is 168 Å². The molecule has 0 spiro atoms. The number of aromatic nitrogens is 3. The van der Waals surface area contributed by atoms with Gasteiger partial charge in [0.25, 0.3) is 0 Å². The van der Waals surface area contributed by atoms with Crippen molar-refractivity contribution >= 4 is 29.6 Å². The molecule has 1 aromatic heterocycles. The van der Waals surface area contributed by atoms with Gasteiger partial charge in [0.1, 0.15) is 19.0 Å². The molecule has 1 aliphatic rings. The lowest BCUT2D eigenvalue weighted by Crippen LogP contribution is -2.28. The molecule has 28 heavy (non-hydrogen) atoms. The molecule has 2 heterocycles. The molecule has 1 unspecified atom stereocenters. The fraction of sp³-hybridized carbons (Fsp3) is 0.444. The number of nitrogens with one attached hydrogen (secondary N) is 1. The molecule has 1 aliphatic heterocycles. The maximum Gasteiger partial charge on any atom is 0.230 e. The van der Waals surface area contributed by atoms with Crippen LogP contribution in [0.15, 0.2) is 18.2 Å². The van der Waals surface area contributed by atoms with Crippen molar-refractivity contribution in [2.75, 3.05) is 43.7 Å². The molecule has 3 rings (SSSR count). The second-order valence-electron chi connectivity index (χ2n) is 6.49. The lowest BCUT2D eigenvalue weighted by Gasteiger charge is -2.21. The van der Waals surface area contributed by atoms with Crippen LogP contribution in [0.25, 0.3) is 0 Å². The highest BCUT2D eigenvalue weighted by molar-refractivity contribution is 7.99. The molecule has 0 fully saturated rings. The second kappa shape index (κ2) is 8.96. The first-order valence-corrected chi connectivity index (χ1v) is 10.0. The summed E-state index contributed by atoms with van der Waals surface area (Å²) in [6.07, 6.45) is 0. The topological polar surface area (TPSA) is 115 Å². The van der Waals surface area contributed by atoms with Crippen LogP contribution in [0, 0.1) is 0 Å². The quantitative estimate of drug-likeness (QED) is 0.706. The first-order valence-electron chi connectivity index (χ1n) is 8.87. The average Bonchev–Trinajstić information content (AvgIpc) is 2.67. The third kappa shape index (κ3) is 5.16. The lowest BCUT2D eigenvalue weighted by molar-refractivity contribution is -0.119. The summed E-state index contributed by atoms with van der Waals surface area (Å²) in [6, 6.07) is 5.57. The Morgan fingerprint density at radius 1 is 1.25 bits per heavy atom. The van der Waals surface area contributed by atoms with E-state index >= 15 is 0 Å². The van der Waals surface area contributed by atoms with Gasteiger partial charge in [-0.2, -0.15) is 15.0 Å². The molecule has 0 bridgehead atoms. The number of carbonyl (C=O) groups is 1. The van der Waals surface area contributed by atoms with E-state index in [1.807, 2.05) is 39.2 Å². The van der Waals surface area contributed by atoms with E-state index in [-0.39, 0.29) is 23.7 Å². The molecule has 9 nitrogen and oxygen atoms in total. The van der Waals surface area contributed by atoms with Crippen LogP contribution in [0.5, 0.6) is 11.5 Å². The molecule has 0 radical (unpaired) electrons. The van der Waals surface area contributed by atoms with Gasteiger partial charge >= 0.3 is 0 Å². The predicted molar refractivity (Wildman–Crippen MR) is 109 cm³/mol. The molecule has 2 aromatic rings. The van der Waals surface area contributed by atoms with Crippen LogP contribution >= 0.6 is 11.8 Å². The number of benzene rings is 1. The minimum atomic E-state index is -0.142. The van der Waals surface area contributed by atoms with Crippen molar-refractivity contribution in [1.82, 2.24) is 20.3 Å². The van der Waals surface area contributed by atoms with Gasteiger partial charge in [-0.3, -0.25) is 4.79 Å². The van der Waals surface area contributed by atoms with Gasteiger partial charge in [0.2, 0.25) is 17.8 Å². The van der Waals surface area contributed by atoms with Crippen LogP contribution in [0.4, 0.5) is 11.9 Å². The van der Waals surface area contributed by atoms with E-state index in [1.54, 1.807) is 4.90 Å². The number of amides is 1. The summed E-state index contributed by atoms with van der Waals surface area (Å²) in [5, 5.41) is 2.99. The number of rotatable bonds is 7. The molecule has 1 amide bonds. The number of nitrogens with zero attached hydrogens (tertiary/aromatic N) is 4. The van der Waals surface area contributed by atoms with Crippen LogP contribution in [-0.2, 0) is 10.5 Å². The number of fused-ring (bicyclic) bond motifs is 1. The van der Waals surface area contributed by atoms with Gasteiger partial charge in [-0.05, 0) is 24.6 Å². The van der Waals surface area contributed by atoms with Crippen LogP contribution < -0.4 is 25.4 Å². The zero-order chi connectivity index (χ0) is 20.1. The van der Waals surface area contributed by atoms with Crippen molar-refractivity contribution in [2.24, 2.45) is 0 Å². The minimum Gasteiger partial charge on any atom is -0.486 e. The molecular weight excluding hydrogens is 380 g/mol. The van der Waals surface area contributed by atoms with Crippen molar-refractivity contribution in [2.45, 2.75) is 18.7 Å². The smallest absolute Gasteiger partial charge is 0.230 e. The molecule has 1 atom stereocenters. The zero-order valence-corrected chi connectivity index (χ0v) is 17.0. The monoisotopic (exact) mass is 404 g/mol. The van der Waals surface area contributed by atoms with Gasteiger partial charge in [-0.25, -0.2) is 0 Å². The SMILES string of the molecule is CC(NC(=O)CSCc1nc(N)nc(N(C)C)n1)c1ccc2c(c1)OCCO2. The van der Waals surface area contributed by atoms with Crippen molar-refractivity contribution < 1.29 is 14.3 Å². The largest absolute Gasteiger partial charge is 0.486 e. The van der Waals surface area contributed by atoms with Crippen LogP contribution in [0.3, 0.4) is 0 Å². The second-order valence-corrected chi connectivity index (χ2v) is 7.47. The van der Waals surface area contributed by atoms with E-state index in [4.69, 9.17) is 15.2 Å². The Balaban J connectivity index is 1.50. The molecule has 3 N–H and O–H groups in total. The Bertz CT molecular complexity index is 848. The summed E-state index contributed by atoms with van der Waals surface area (Å²) >= 11 is 1.42. The number of ether oxygens (including phenoxy) is 2. The van der Waals surface area contributed by atoms with Gasteiger partial charge < -0.3 is 25.4 Å². The molecule has 0 aliphatic carbocycles.